The third-order valence-corrected chi connectivity index (χ3v) is 1.99. The summed E-state index contributed by atoms with van der Waals surface area (Å²) in [5.74, 6) is -0.230. The van der Waals surface area contributed by atoms with Crippen LogP contribution in [0.1, 0.15) is 12.5 Å². The molecule has 0 aromatic carbocycles. The summed E-state index contributed by atoms with van der Waals surface area (Å²) < 4.78 is 4.96. The Labute approximate surface area is 93.6 Å². The predicted octanol–water partition coefficient (Wildman–Crippen LogP) is 2.02. The number of nitrogens with zero attached hydrogens (tertiary/aromatic N) is 1. The lowest BCUT2D eigenvalue weighted by Crippen LogP contribution is -2.18. The van der Waals surface area contributed by atoms with Crippen LogP contribution in [0, 0.1) is 6.92 Å². The summed E-state index contributed by atoms with van der Waals surface area (Å²) >= 11 is 5.81. The van der Waals surface area contributed by atoms with Gasteiger partial charge >= 0.3 is 0 Å². The Kier molecular flexibility index (Phi) is 4.52. The van der Waals surface area contributed by atoms with Crippen LogP contribution in [0.25, 0.3) is 0 Å². The van der Waals surface area contributed by atoms with E-state index < -0.39 is 0 Å². The number of pyridine rings is 1. The highest BCUT2D eigenvalue weighted by Gasteiger charge is 2.06. The third-order valence-electron chi connectivity index (χ3n) is 1.69. The molecule has 0 saturated heterocycles. The molecule has 4 nitrogen and oxygen atoms in total. The fourth-order valence-electron chi connectivity index (χ4n) is 1.02. The van der Waals surface area contributed by atoms with E-state index in [1.165, 1.54) is 0 Å². The van der Waals surface area contributed by atoms with Crippen molar-refractivity contribution in [2.75, 3.05) is 18.5 Å². The van der Waals surface area contributed by atoms with Crippen molar-refractivity contribution in [3.63, 3.8) is 0 Å². The minimum absolute atomic E-state index is 0.0285. The Bertz CT molecular complexity index is 355. The first kappa shape index (κ1) is 11.9. The molecule has 0 aliphatic carbocycles. The molecule has 0 unspecified atom stereocenters. The summed E-state index contributed by atoms with van der Waals surface area (Å²) in [4.78, 5) is 15.2. The number of nitrogens with one attached hydrogen (secondary N) is 1. The first-order chi connectivity index (χ1) is 7.13. The SMILES string of the molecule is CCOCC(=O)Nc1cc(C)cnc1Cl. The second kappa shape index (κ2) is 5.68. The number of hydrogen-bond donors (Lipinski definition) is 1. The number of aromatic nitrogens is 1. The number of anilines is 1. The highest BCUT2D eigenvalue weighted by Crippen LogP contribution is 2.19. The van der Waals surface area contributed by atoms with Crippen molar-refractivity contribution in [3.05, 3.63) is 23.0 Å². The number of carbonyl (C=O) groups is 1. The number of carbonyl (C=O) groups excluding carboxylic acids is 1. The predicted molar refractivity (Wildman–Crippen MR) is 59.1 cm³/mol. The molecule has 0 spiro atoms. The van der Waals surface area contributed by atoms with Gasteiger partial charge in [-0.05, 0) is 25.5 Å². The quantitative estimate of drug-likeness (QED) is 0.803. The van der Waals surface area contributed by atoms with E-state index in [1.54, 1.807) is 12.3 Å². The topological polar surface area (TPSA) is 51.2 Å². The fraction of sp³-hybridized carbons (Fsp3) is 0.400. The van der Waals surface area contributed by atoms with Gasteiger partial charge in [-0.3, -0.25) is 4.79 Å². The molecule has 0 saturated carbocycles. The molecule has 0 bridgehead atoms. The van der Waals surface area contributed by atoms with Gasteiger partial charge in [0.05, 0.1) is 5.69 Å². The highest BCUT2D eigenvalue weighted by molar-refractivity contribution is 6.32. The van der Waals surface area contributed by atoms with Crippen molar-refractivity contribution in [1.29, 1.82) is 0 Å². The largest absolute Gasteiger partial charge is 0.372 e. The van der Waals surface area contributed by atoms with Crippen molar-refractivity contribution in [3.8, 4) is 0 Å². The van der Waals surface area contributed by atoms with E-state index in [2.05, 4.69) is 10.3 Å². The lowest BCUT2D eigenvalue weighted by Gasteiger charge is -2.07. The molecule has 0 fully saturated rings. The summed E-state index contributed by atoms with van der Waals surface area (Å²) in [7, 11) is 0. The maximum Gasteiger partial charge on any atom is 0.250 e. The average molecular weight is 229 g/mol. The van der Waals surface area contributed by atoms with E-state index in [1.807, 2.05) is 13.8 Å². The number of hydrogen-bond acceptors (Lipinski definition) is 3. The van der Waals surface area contributed by atoms with Crippen LogP contribution in [-0.2, 0) is 9.53 Å². The number of halogens is 1. The minimum Gasteiger partial charge on any atom is -0.372 e. The van der Waals surface area contributed by atoms with Crippen LogP contribution < -0.4 is 5.32 Å². The van der Waals surface area contributed by atoms with Crippen LogP contribution in [0.4, 0.5) is 5.69 Å². The molecule has 0 aliphatic heterocycles. The Balaban J connectivity index is 2.63. The van der Waals surface area contributed by atoms with Gasteiger partial charge in [0.25, 0.3) is 0 Å². The smallest absolute Gasteiger partial charge is 0.250 e. The van der Waals surface area contributed by atoms with Crippen molar-refractivity contribution in [1.82, 2.24) is 4.98 Å². The molecular formula is C10H13ClN2O2. The minimum atomic E-state index is -0.230. The molecule has 82 valence electrons. The van der Waals surface area contributed by atoms with E-state index in [-0.39, 0.29) is 17.7 Å². The molecule has 1 heterocycles. The van der Waals surface area contributed by atoms with Crippen LogP contribution in [0.5, 0.6) is 0 Å². The Morgan fingerprint density at radius 1 is 1.67 bits per heavy atom. The van der Waals surface area contributed by atoms with Gasteiger partial charge in [0, 0.05) is 12.8 Å². The number of rotatable bonds is 4. The molecule has 1 amide bonds. The maximum absolute atomic E-state index is 11.3. The fourth-order valence-corrected chi connectivity index (χ4v) is 1.17. The van der Waals surface area contributed by atoms with Crippen molar-refractivity contribution in [2.45, 2.75) is 13.8 Å². The van der Waals surface area contributed by atoms with Crippen LogP contribution in [0.15, 0.2) is 12.3 Å². The number of aryl methyl sites for hydroxylation is 1. The molecule has 15 heavy (non-hydrogen) atoms. The van der Waals surface area contributed by atoms with E-state index in [4.69, 9.17) is 16.3 Å². The lowest BCUT2D eigenvalue weighted by molar-refractivity contribution is -0.120. The number of ether oxygens (including phenoxy) is 1. The normalized spacial score (nSPS) is 10.1. The van der Waals surface area contributed by atoms with Crippen LogP contribution in [0.2, 0.25) is 5.15 Å². The Morgan fingerprint density at radius 2 is 2.40 bits per heavy atom. The summed E-state index contributed by atoms with van der Waals surface area (Å²) in [6.45, 7) is 4.24. The molecule has 5 heteroatoms. The summed E-state index contributed by atoms with van der Waals surface area (Å²) in [6, 6.07) is 1.76. The van der Waals surface area contributed by atoms with Crippen molar-refractivity contribution >= 4 is 23.2 Å². The van der Waals surface area contributed by atoms with Gasteiger partial charge in [0.15, 0.2) is 5.15 Å². The van der Waals surface area contributed by atoms with Gasteiger partial charge in [-0.25, -0.2) is 4.98 Å². The second-order valence-corrected chi connectivity index (χ2v) is 3.39. The molecule has 0 radical (unpaired) electrons. The molecule has 1 aromatic rings. The first-order valence-corrected chi connectivity index (χ1v) is 5.01. The van der Waals surface area contributed by atoms with Gasteiger partial charge in [-0.2, -0.15) is 0 Å². The zero-order valence-electron chi connectivity index (χ0n) is 8.71. The zero-order valence-corrected chi connectivity index (χ0v) is 9.47. The van der Waals surface area contributed by atoms with Gasteiger partial charge in [0.1, 0.15) is 6.61 Å². The van der Waals surface area contributed by atoms with Gasteiger partial charge in [-0.1, -0.05) is 11.6 Å². The second-order valence-electron chi connectivity index (χ2n) is 3.04. The molecule has 1 rings (SSSR count). The summed E-state index contributed by atoms with van der Waals surface area (Å²) in [5, 5.41) is 2.91. The lowest BCUT2D eigenvalue weighted by atomic mass is 10.3. The van der Waals surface area contributed by atoms with E-state index in [0.717, 1.165) is 5.56 Å². The standard InChI is InChI=1S/C10H13ClN2O2/c1-3-15-6-9(14)13-8-4-7(2)5-12-10(8)11/h4-5H,3,6H2,1-2H3,(H,13,14). The molecule has 0 aliphatic rings. The van der Waals surface area contributed by atoms with E-state index in [9.17, 15) is 4.79 Å². The maximum atomic E-state index is 11.3. The Morgan fingerprint density at radius 3 is 3.07 bits per heavy atom. The molecule has 1 N–H and O–H groups in total. The molecule has 1 aromatic heterocycles. The average Bonchev–Trinajstić information content (AvgIpc) is 2.20. The summed E-state index contributed by atoms with van der Waals surface area (Å²) in [5.41, 5.74) is 1.45. The van der Waals surface area contributed by atoms with E-state index >= 15 is 0 Å². The van der Waals surface area contributed by atoms with Crippen LogP contribution >= 0.6 is 11.6 Å². The molecule has 0 atom stereocenters. The van der Waals surface area contributed by atoms with Crippen molar-refractivity contribution in [2.24, 2.45) is 0 Å². The monoisotopic (exact) mass is 228 g/mol. The Hall–Kier alpha value is -1.13. The number of amides is 1. The highest BCUT2D eigenvalue weighted by atomic mass is 35.5. The third kappa shape index (κ3) is 3.85. The van der Waals surface area contributed by atoms with Gasteiger partial charge < -0.3 is 10.1 Å². The molecular weight excluding hydrogens is 216 g/mol. The first-order valence-electron chi connectivity index (χ1n) is 4.63. The summed E-state index contributed by atoms with van der Waals surface area (Å²) in [6.07, 6.45) is 1.64. The van der Waals surface area contributed by atoms with Gasteiger partial charge in [-0.15, -0.1) is 0 Å². The van der Waals surface area contributed by atoms with Crippen LogP contribution in [-0.4, -0.2) is 24.1 Å². The van der Waals surface area contributed by atoms with Crippen molar-refractivity contribution < 1.29 is 9.53 Å². The zero-order chi connectivity index (χ0) is 11.3. The van der Waals surface area contributed by atoms with Crippen LogP contribution in [0.3, 0.4) is 0 Å². The van der Waals surface area contributed by atoms with E-state index in [0.29, 0.717) is 12.3 Å². The van der Waals surface area contributed by atoms with Gasteiger partial charge in [0.2, 0.25) is 5.91 Å².